The normalized spacial score (nSPS) is 14.1. The van der Waals surface area contributed by atoms with Gasteiger partial charge in [0.2, 0.25) is 0 Å². The number of piperazine rings is 1. The van der Waals surface area contributed by atoms with Gasteiger partial charge in [-0.05, 0) is 30.2 Å². The van der Waals surface area contributed by atoms with Gasteiger partial charge in [-0.2, -0.15) is 0 Å². The summed E-state index contributed by atoms with van der Waals surface area (Å²) in [5.41, 5.74) is 4.06. The Hall–Kier alpha value is -2.57. The van der Waals surface area contributed by atoms with Gasteiger partial charge in [-0.3, -0.25) is 0 Å². The van der Waals surface area contributed by atoms with Gasteiger partial charge in [0.1, 0.15) is 0 Å². The van der Waals surface area contributed by atoms with Crippen molar-refractivity contribution in [3.8, 4) is 11.3 Å². The molecule has 0 saturated carbocycles. The molecule has 1 saturated heterocycles. The van der Waals surface area contributed by atoms with E-state index in [1.54, 1.807) is 11.3 Å². The number of thiazole rings is 1. The molecule has 0 aliphatic carbocycles. The number of amides is 2. The van der Waals surface area contributed by atoms with E-state index in [-0.39, 0.29) is 6.03 Å². The Bertz CT molecular complexity index is 980. The summed E-state index contributed by atoms with van der Waals surface area (Å²) >= 11 is 7.60. The Morgan fingerprint density at radius 3 is 2.55 bits per heavy atom. The molecule has 29 heavy (non-hydrogen) atoms. The average molecular weight is 427 g/mol. The van der Waals surface area contributed by atoms with Crippen molar-refractivity contribution in [2.75, 3.05) is 36.4 Å². The van der Waals surface area contributed by atoms with E-state index in [1.807, 2.05) is 53.4 Å². The highest BCUT2D eigenvalue weighted by Gasteiger charge is 2.23. The summed E-state index contributed by atoms with van der Waals surface area (Å²) in [6, 6.07) is 15.7. The summed E-state index contributed by atoms with van der Waals surface area (Å²) in [7, 11) is 0. The zero-order chi connectivity index (χ0) is 20.2. The summed E-state index contributed by atoms with van der Waals surface area (Å²) in [6.07, 6.45) is 0.893. The number of benzene rings is 2. The van der Waals surface area contributed by atoms with Crippen molar-refractivity contribution in [1.29, 1.82) is 0 Å². The van der Waals surface area contributed by atoms with Crippen LogP contribution < -0.4 is 10.2 Å². The molecule has 0 spiro atoms. The minimum atomic E-state index is -0.0356. The third-order valence-electron chi connectivity index (χ3n) is 5.11. The van der Waals surface area contributed by atoms with Crippen molar-refractivity contribution in [2.24, 2.45) is 0 Å². The van der Waals surface area contributed by atoms with Crippen LogP contribution in [0.4, 0.5) is 15.6 Å². The number of hydrogen-bond donors (Lipinski definition) is 1. The molecule has 0 atom stereocenters. The Labute approximate surface area is 179 Å². The van der Waals surface area contributed by atoms with Crippen LogP contribution in [0.2, 0.25) is 5.02 Å². The molecule has 3 aromatic rings. The van der Waals surface area contributed by atoms with Gasteiger partial charge < -0.3 is 15.1 Å². The molecule has 1 aromatic heterocycles. The van der Waals surface area contributed by atoms with E-state index in [1.165, 1.54) is 0 Å². The quantitative estimate of drug-likeness (QED) is 0.609. The Morgan fingerprint density at radius 2 is 1.83 bits per heavy atom. The van der Waals surface area contributed by atoms with E-state index in [4.69, 9.17) is 16.6 Å². The molecule has 1 aliphatic rings. The van der Waals surface area contributed by atoms with Crippen LogP contribution in [-0.4, -0.2) is 42.1 Å². The van der Waals surface area contributed by atoms with Gasteiger partial charge >= 0.3 is 6.03 Å². The number of urea groups is 1. The summed E-state index contributed by atoms with van der Waals surface area (Å²) in [5, 5.41) is 6.84. The van der Waals surface area contributed by atoms with E-state index in [2.05, 4.69) is 22.5 Å². The van der Waals surface area contributed by atoms with E-state index in [9.17, 15) is 4.79 Å². The lowest BCUT2D eigenvalue weighted by molar-refractivity contribution is 0.208. The minimum Gasteiger partial charge on any atom is -0.345 e. The predicted molar refractivity (Wildman–Crippen MR) is 121 cm³/mol. The SMILES string of the molecule is CCc1ccccc1NC(=O)N1CCN(c2nc(-c3ccc(Cl)cc3)cs2)CC1. The van der Waals surface area contributed by atoms with Crippen LogP contribution >= 0.6 is 22.9 Å². The van der Waals surface area contributed by atoms with E-state index < -0.39 is 0 Å². The van der Waals surface area contributed by atoms with Crippen LogP contribution in [0.1, 0.15) is 12.5 Å². The maximum atomic E-state index is 12.7. The molecule has 1 N–H and O–H groups in total. The third kappa shape index (κ3) is 4.54. The highest BCUT2D eigenvalue weighted by molar-refractivity contribution is 7.14. The summed E-state index contributed by atoms with van der Waals surface area (Å²) in [6.45, 7) is 4.99. The highest BCUT2D eigenvalue weighted by Crippen LogP contribution is 2.29. The molecule has 4 rings (SSSR count). The molecule has 0 unspecified atom stereocenters. The number of carbonyl (C=O) groups excluding carboxylic acids is 1. The number of hydrogen-bond acceptors (Lipinski definition) is 4. The van der Waals surface area contributed by atoms with Crippen LogP contribution in [0, 0.1) is 0 Å². The zero-order valence-electron chi connectivity index (χ0n) is 16.3. The molecule has 0 bridgehead atoms. The second kappa shape index (κ2) is 8.84. The van der Waals surface area contributed by atoms with Crippen molar-refractivity contribution in [3.05, 3.63) is 64.5 Å². The summed E-state index contributed by atoms with van der Waals surface area (Å²) < 4.78 is 0. The van der Waals surface area contributed by atoms with Gasteiger partial charge in [0.25, 0.3) is 0 Å². The van der Waals surface area contributed by atoms with Crippen LogP contribution in [-0.2, 0) is 6.42 Å². The second-order valence-corrected chi connectivity index (χ2v) is 8.21. The largest absolute Gasteiger partial charge is 0.345 e. The first-order valence-electron chi connectivity index (χ1n) is 9.74. The number of para-hydroxylation sites is 1. The number of nitrogens with one attached hydrogen (secondary N) is 1. The number of carbonyl (C=O) groups is 1. The van der Waals surface area contributed by atoms with Gasteiger partial charge in [-0.25, -0.2) is 9.78 Å². The monoisotopic (exact) mass is 426 g/mol. The maximum absolute atomic E-state index is 12.7. The van der Waals surface area contributed by atoms with E-state index in [0.29, 0.717) is 13.1 Å². The zero-order valence-corrected chi connectivity index (χ0v) is 17.8. The fraction of sp³-hybridized carbons (Fsp3) is 0.273. The molecule has 7 heteroatoms. The van der Waals surface area contributed by atoms with Crippen LogP contribution in [0.25, 0.3) is 11.3 Å². The van der Waals surface area contributed by atoms with Gasteiger partial charge in [0.05, 0.1) is 5.69 Å². The van der Waals surface area contributed by atoms with Gasteiger partial charge in [0, 0.05) is 47.8 Å². The molecule has 5 nitrogen and oxygen atoms in total. The highest BCUT2D eigenvalue weighted by atomic mass is 35.5. The molecule has 2 heterocycles. The first kappa shape index (κ1) is 19.7. The lowest BCUT2D eigenvalue weighted by Crippen LogP contribution is -2.50. The number of aromatic nitrogens is 1. The molecule has 2 amide bonds. The molecule has 2 aromatic carbocycles. The Morgan fingerprint density at radius 1 is 1.10 bits per heavy atom. The number of halogens is 1. The molecular formula is C22H23ClN4OS. The fourth-order valence-electron chi connectivity index (χ4n) is 3.41. The Kier molecular flexibility index (Phi) is 6.02. The Balaban J connectivity index is 1.36. The first-order valence-corrected chi connectivity index (χ1v) is 11.0. The van der Waals surface area contributed by atoms with E-state index in [0.717, 1.165) is 52.2 Å². The third-order valence-corrected chi connectivity index (χ3v) is 6.26. The minimum absolute atomic E-state index is 0.0356. The standard InChI is InChI=1S/C22H23ClN4OS/c1-2-16-5-3-4-6-19(16)24-21(28)26-11-13-27(14-12-26)22-25-20(15-29-22)17-7-9-18(23)10-8-17/h3-10,15H,2,11-14H2,1H3,(H,24,28). The molecule has 150 valence electrons. The maximum Gasteiger partial charge on any atom is 0.321 e. The second-order valence-electron chi connectivity index (χ2n) is 6.94. The predicted octanol–water partition coefficient (Wildman–Crippen LogP) is 5.38. The average Bonchev–Trinajstić information content (AvgIpc) is 3.25. The molecular weight excluding hydrogens is 404 g/mol. The fourth-order valence-corrected chi connectivity index (χ4v) is 4.42. The lowest BCUT2D eigenvalue weighted by Gasteiger charge is -2.34. The van der Waals surface area contributed by atoms with E-state index >= 15 is 0 Å². The number of anilines is 2. The number of nitrogens with zero attached hydrogens (tertiary/aromatic N) is 3. The van der Waals surface area contributed by atoms with Gasteiger partial charge in [0.15, 0.2) is 5.13 Å². The van der Waals surface area contributed by atoms with Crippen molar-refractivity contribution in [3.63, 3.8) is 0 Å². The van der Waals surface area contributed by atoms with Crippen molar-refractivity contribution in [1.82, 2.24) is 9.88 Å². The molecule has 1 fully saturated rings. The van der Waals surface area contributed by atoms with Gasteiger partial charge in [-0.1, -0.05) is 48.9 Å². The topological polar surface area (TPSA) is 48.5 Å². The van der Waals surface area contributed by atoms with Crippen molar-refractivity contribution in [2.45, 2.75) is 13.3 Å². The summed E-state index contributed by atoms with van der Waals surface area (Å²) in [5.74, 6) is 0. The van der Waals surface area contributed by atoms with Crippen LogP contribution in [0.3, 0.4) is 0 Å². The van der Waals surface area contributed by atoms with Crippen molar-refractivity contribution >= 4 is 39.8 Å². The smallest absolute Gasteiger partial charge is 0.321 e. The molecule has 0 radical (unpaired) electrons. The number of rotatable bonds is 4. The van der Waals surface area contributed by atoms with Crippen LogP contribution in [0.15, 0.2) is 53.9 Å². The molecule has 1 aliphatic heterocycles. The number of aryl methyl sites for hydroxylation is 1. The van der Waals surface area contributed by atoms with Gasteiger partial charge in [-0.15, -0.1) is 11.3 Å². The van der Waals surface area contributed by atoms with Crippen molar-refractivity contribution < 1.29 is 4.79 Å². The van der Waals surface area contributed by atoms with Crippen LogP contribution in [0.5, 0.6) is 0 Å². The summed E-state index contributed by atoms with van der Waals surface area (Å²) in [4.78, 5) is 21.6. The first-order chi connectivity index (χ1) is 14.1. The lowest BCUT2D eigenvalue weighted by atomic mass is 10.1.